The molecule has 0 radical (unpaired) electrons. The van der Waals surface area contributed by atoms with E-state index in [2.05, 4.69) is 53.5 Å². The standard InChI is InChI=1S/C33H46ClN5O2/c1-24(2)22-33(12-14-37(3)15-13-33)39-18-16-38(17-19-39)32(41)30(20-25-8-10-27(34)11-9-25)36-31(40)21-29-28-7-5-4-6-26(28)23-35-29/h4-11,24,29-30,35H,12-23H2,1-3H3,(H,36,40)/t29?,30-/m1/s1. The largest absolute Gasteiger partial charge is 0.344 e. The zero-order valence-electron chi connectivity index (χ0n) is 24.9. The molecule has 0 saturated carbocycles. The number of hydrogen-bond donors (Lipinski definition) is 2. The van der Waals surface area contributed by atoms with Gasteiger partial charge in [0.1, 0.15) is 6.04 Å². The molecule has 2 fully saturated rings. The molecule has 222 valence electrons. The number of piperazine rings is 1. The number of hydrogen-bond acceptors (Lipinski definition) is 5. The minimum atomic E-state index is -0.611. The number of halogens is 1. The highest BCUT2D eigenvalue weighted by molar-refractivity contribution is 6.30. The van der Waals surface area contributed by atoms with Crippen LogP contribution < -0.4 is 10.6 Å². The number of carbonyl (C=O) groups excluding carboxylic acids is 2. The summed E-state index contributed by atoms with van der Waals surface area (Å²) >= 11 is 6.12. The SMILES string of the molecule is CC(C)CC1(N2CCN(C(=O)[C@@H](Cc3ccc(Cl)cc3)NC(=O)CC3NCc4ccccc43)CC2)CCN(C)CC1. The van der Waals surface area contributed by atoms with Crippen LogP contribution in [0.25, 0.3) is 0 Å². The van der Waals surface area contributed by atoms with Crippen molar-refractivity contribution in [3.05, 3.63) is 70.2 Å². The van der Waals surface area contributed by atoms with Crippen molar-refractivity contribution in [2.75, 3.05) is 46.3 Å². The molecule has 2 aromatic rings. The Hall–Kier alpha value is -2.45. The monoisotopic (exact) mass is 579 g/mol. The zero-order valence-corrected chi connectivity index (χ0v) is 25.6. The summed E-state index contributed by atoms with van der Waals surface area (Å²) in [6.45, 7) is 10.8. The van der Waals surface area contributed by atoms with Gasteiger partial charge in [0.25, 0.3) is 0 Å². The van der Waals surface area contributed by atoms with Gasteiger partial charge in [-0.3, -0.25) is 14.5 Å². The van der Waals surface area contributed by atoms with Crippen LogP contribution in [-0.2, 0) is 22.6 Å². The minimum absolute atomic E-state index is 0.00835. The lowest BCUT2D eigenvalue weighted by Crippen LogP contribution is -2.62. The Balaban J connectivity index is 1.25. The average molecular weight is 580 g/mol. The molecule has 1 unspecified atom stereocenters. The minimum Gasteiger partial charge on any atom is -0.344 e. The lowest BCUT2D eigenvalue weighted by molar-refractivity contribution is -0.139. The van der Waals surface area contributed by atoms with Crippen molar-refractivity contribution < 1.29 is 9.59 Å². The summed E-state index contributed by atoms with van der Waals surface area (Å²) in [6.07, 6.45) is 4.32. The molecule has 2 saturated heterocycles. The van der Waals surface area contributed by atoms with Crippen molar-refractivity contribution in [2.24, 2.45) is 5.92 Å². The number of piperidine rings is 1. The van der Waals surface area contributed by atoms with Crippen molar-refractivity contribution in [1.82, 2.24) is 25.3 Å². The van der Waals surface area contributed by atoms with E-state index in [1.54, 1.807) is 0 Å². The molecule has 41 heavy (non-hydrogen) atoms. The molecule has 7 nitrogen and oxygen atoms in total. The van der Waals surface area contributed by atoms with E-state index in [9.17, 15) is 9.59 Å². The molecule has 8 heteroatoms. The van der Waals surface area contributed by atoms with Crippen molar-refractivity contribution in [2.45, 2.75) is 70.1 Å². The van der Waals surface area contributed by atoms with Gasteiger partial charge in [-0.25, -0.2) is 0 Å². The summed E-state index contributed by atoms with van der Waals surface area (Å²) in [5, 5.41) is 7.24. The number of nitrogens with zero attached hydrogens (tertiary/aromatic N) is 3. The van der Waals surface area contributed by atoms with Crippen molar-refractivity contribution in [3.63, 3.8) is 0 Å². The summed E-state index contributed by atoms with van der Waals surface area (Å²) in [4.78, 5) is 34.4. The average Bonchev–Trinajstić information content (AvgIpc) is 3.37. The Morgan fingerprint density at radius 1 is 1.00 bits per heavy atom. The van der Waals surface area contributed by atoms with E-state index in [1.807, 2.05) is 41.3 Å². The van der Waals surface area contributed by atoms with Gasteiger partial charge in [-0.05, 0) is 74.1 Å². The van der Waals surface area contributed by atoms with E-state index in [0.29, 0.717) is 36.9 Å². The first-order valence-corrected chi connectivity index (χ1v) is 15.7. The fourth-order valence-electron chi connectivity index (χ4n) is 7.12. The van der Waals surface area contributed by atoms with Crippen LogP contribution >= 0.6 is 11.6 Å². The van der Waals surface area contributed by atoms with Gasteiger partial charge in [-0.1, -0.05) is 61.8 Å². The van der Waals surface area contributed by atoms with Crippen LogP contribution in [-0.4, -0.2) is 84.4 Å². The maximum atomic E-state index is 14.0. The summed E-state index contributed by atoms with van der Waals surface area (Å²) in [7, 11) is 2.21. The molecular weight excluding hydrogens is 534 g/mol. The van der Waals surface area contributed by atoms with Gasteiger partial charge in [0.15, 0.2) is 0 Å². The van der Waals surface area contributed by atoms with Crippen LogP contribution in [0.4, 0.5) is 0 Å². The van der Waals surface area contributed by atoms with Gasteiger partial charge in [-0.2, -0.15) is 0 Å². The van der Waals surface area contributed by atoms with Gasteiger partial charge in [0, 0.05) is 62.2 Å². The van der Waals surface area contributed by atoms with Crippen molar-refractivity contribution in [3.8, 4) is 0 Å². The number of likely N-dealkylation sites (tertiary alicyclic amines) is 1. The summed E-state index contributed by atoms with van der Waals surface area (Å²) in [5.41, 5.74) is 3.61. The number of carbonyl (C=O) groups is 2. The predicted octanol–water partition coefficient (Wildman–Crippen LogP) is 4.26. The lowest BCUT2D eigenvalue weighted by atomic mass is 9.78. The maximum absolute atomic E-state index is 14.0. The topological polar surface area (TPSA) is 67.9 Å². The lowest BCUT2D eigenvalue weighted by Gasteiger charge is -2.52. The highest BCUT2D eigenvalue weighted by Crippen LogP contribution is 2.35. The highest BCUT2D eigenvalue weighted by atomic mass is 35.5. The van der Waals surface area contributed by atoms with E-state index >= 15 is 0 Å². The molecule has 0 aromatic heterocycles. The summed E-state index contributed by atoms with van der Waals surface area (Å²) < 4.78 is 0. The molecule has 2 aromatic carbocycles. The third-order valence-electron chi connectivity index (χ3n) is 9.31. The van der Waals surface area contributed by atoms with Gasteiger partial charge in [0.05, 0.1) is 0 Å². The molecule has 0 aliphatic carbocycles. The number of nitrogens with one attached hydrogen (secondary N) is 2. The smallest absolute Gasteiger partial charge is 0.245 e. The second-order valence-corrected chi connectivity index (χ2v) is 13.2. The second kappa shape index (κ2) is 13.2. The van der Waals surface area contributed by atoms with Crippen molar-refractivity contribution in [1.29, 1.82) is 0 Å². The summed E-state index contributed by atoms with van der Waals surface area (Å²) in [6, 6.07) is 15.1. The van der Waals surface area contributed by atoms with Gasteiger partial charge >= 0.3 is 0 Å². The normalized spacial score (nSPS) is 22.0. The first kappa shape index (κ1) is 30.0. The number of rotatable bonds is 9. The van der Waals surface area contributed by atoms with Gasteiger partial charge in [0.2, 0.25) is 11.8 Å². The number of amides is 2. The maximum Gasteiger partial charge on any atom is 0.245 e. The van der Waals surface area contributed by atoms with Crippen LogP contribution in [0.1, 0.15) is 62.3 Å². The van der Waals surface area contributed by atoms with E-state index in [1.165, 1.54) is 30.4 Å². The Morgan fingerprint density at radius 2 is 1.68 bits per heavy atom. The van der Waals surface area contributed by atoms with E-state index in [4.69, 9.17) is 11.6 Å². The van der Waals surface area contributed by atoms with Crippen LogP contribution in [0.2, 0.25) is 5.02 Å². The Bertz CT molecular complexity index is 1190. The third-order valence-corrected chi connectivity index (χ3v) is 9.57. The third kappa shape index (κ3) is 7.31. The Morgan fingerprint density at radius 3 is 2.37 bits per heavy atom. The fraction of sp³-hybridized carbons (Fsp3) is 0.576. The van der Waals surface area contributed by atoms with Crippen LogP contribution in [0, 0.1) is 5.92 Å². The molecule has 0 spiro atoms. The summed E-state index contributed by atoms with van der Waals surface area (Å²) in [5.74, 6) is 0.541. The number of benzene rings is 2. The number of fused-ring (bicyclic) bond motifs is 1. The molecule has 3 aliphatic heterocycles. The van der Waals surface area contributed by atoms with Crippen molar-refractivity contribution >= 4 is 23.4 Å². The molecule has 5 rings (SSSR count). The first-order chi connectivity index (χ1) is 19.7. The van der Waals surface area contributed by atoms with Crippen LogP contribution in [0.3, 0.4) is 0 Å². The predicted molar refractivity (Wildman–Crippen MR) is 165 cm³/mol. The fourth-order valence-corrected chi connectivity index (χ4v) is 7.25. The molecule has 3 aliphatic rings. The van der Waals surface area contributed by atoms with Gasteiger partial charge in [-0.15, -0.1) is 0 Å². The quantitative estimate of drug-likeness (QED) is 0.465. The second-order valence-electron chi connectivity index (χ2n) is 12.7. The van der Waals surface area contributed by atoms with E-state index in [0.717, 1.165) is 38.3 Å². The Kier molecular flexibility index (Phi) is 9.70. The molecule has 2 amide bonds. The van der Waals surface area contributed by atoms with Crippen LogP contribution in [0.15, 0.2) is 48.5 Å². The molecule has 2 atom stereocenters. The first-order valence-electron chi connectivity index (χ1n) is 15.3. The van der Waals surface area contributed by atoms with Crippen LogP contribution in [0.5, 0.6) is 0 Å². The van der Waals surface area contributed by atoms with E-state index in [-0.39, 0.29) is 23.4 Å². The Labute approximate surface area is 250 Å². The zero-order chi connectivity index (χ0) is 29.0. The van der Waals surface area contributed by atoms with E-state index < -0.39 is 6.04 Å². The molecular formula is C33H46ClN5O2. The molecule has 2 N–H and O–H groups in total. The molecule has 3 heterocycles. The molecule has 0 bridgehead atoms. The van der Waals surface area contributed by atoms with Gasteiger partial charge < -0.3 is 20.4 Å². The highest BCUT2D eigenvalue weighted by Gasteiger charge is 2.41.